The summed E-state index contributed by atoms with van der Waals surface area (Å²) < 4.78 is 13.2. The maximum absolute atomic E-state index is 13.2. The standard InChI is InChI=1S/C24H22FN3O2S2/c1-24(2)10-15-18(16(29)11-24)19(17-4-3-9-31-17)20-21(26-15)27-23(28-22(20)30)32-12-13-5-7-14(25)8-6-13/h3-9,19H,10-12H2,1-2H3,(H2,26,27,28,30). The first kappa shape index (κ1) is 21.2. The number of anilines is 1. The monoisotopic (exact) mass is 467 g/mol. The second-order valence-corrected chi connectivity index (χ2v) is 10.9. The van der Waals surface area contributed by atoms with Crippen molar-refractivity contribution in [1.82, 2.24) is 9.97 Å². The van der Waals surface area contributed by atoms with Crippen molar-refractivity contribution >= 4 is 34.7 Å². The molecule has 3 heterocycles. The maximum Gasteiger partial charge on any atom is 0.257 e. The number of allylic oxidation sites excluding steroid dienone is 2. The van der Waals surface area contributed by atoms with Crippen molar-refractivity contribution in [2.75, 3.05) is 5.32 Å². The number of Topliss-reactive ketones (excluding diaryl/α,β-unsaturated/α-hetero) is 1. The lowest BCUT2D eigenvalue weighted by Gasteiger charge is -2.38. The molecule has 1 unspecified atom stereocenters. The Kier molecular flexibility index (Phi) is 5.29. The Morgan fingerprint density at radius 3 is 2.69 bits per heavy atom. The Morgan fingerprint density at radius 1 is 1.19 bits per heavy atom. The van der Waals surface area contributed by atoms with E-state index < -0.39 is 5.92 Å². The lowest BCUT2D eigenvalue weighted by atomic mass is 9.70. The van der Waals surface area contributed by atoms with E-state index in [2.05, 4.69) is 24.1 Å². The van der Waals surface area contributed by atoms with Crippen LogP contribution in [0.5, 0.6) is 0 Å². The topological polar surface area (TPSA) is 74.8 Å². The highest BCUT2D eigenvalue weighted by Gasteiger charge is 2.42. The van der Waals surface area contributed by atoms with Gasteiger partial charge in [0.1, 0.15) is 11.6 Å². The molecule has 2 aliphatic rings. The highest BCUT2D eigenvalue weighted by atomic mass is 32.2. The van der Waals surface area contributed by atoms with Crippen LogP contribution in [0.15, 0.2) is 63.0 Å². The summed E-state index contributed by atoms with van der Waals surface area (Å²) in [5.74, 6) is 0.463. The normalized spacial score (nSPS) is 19.3. The van der Waals surface area contributed by atoms with Gasteiger partial charge < -0.3 is 10.3 Å². The predicted octanol–water partition coefficient (Wildman–Crippen LogP) is 5.46. The van der Waals surface area contributed by atoms with Crippen molar-refractivity contribution in [2.24, 2.45) is 5.41 Å². The fraction of sp³-hybridized carbons (Fsp3) is 0.292. The molecule has 0 spiro atoms. The van der Waals surface area contributed by atoms with E-state index in [1.54, 1.807) is 23.5 Å². The van der Waals surface area contributed by atoms with Crippen LogP contribution in [0.1, 0.15) is 48.6 Å². The first-order valence-electron chi connectivity index (χ1n) is 10.4. The van der Waals surface area contributed by atoms with Gasteiger partial charge in [-0.1, -0.05) is 43.8 Å². The molecule has 2 N–H and O–H groups in total. The number of carbonyl (C=O) groups is 1. The van der Waals surface area contributed by atoms with Gasteiger partial charge in [-0.3, -0.25) is 9.59 Å². The summed E-state index contributed by atoms with van der Waals surface area (Å²) in [6.07, 6.45) is 1.18. The van der Waals surface area contributed by atoms with Crippen LogP contribution in [-0.4, -0.2) is 15.8 Å². The molecule has 3 aromatic rings. The molecule has 1 aliphatic heterocycles. The van der Waals surface area contributed by atoms with Gasteiger partial charge in [0.25, 0.3) is 5.56 Å². The number of H-pyrrole nitrogens is 1. The Labute approximate surface area is 193 Å². The van der Waals surface area contributed by atoms with Crippen molar-refractivity contribution in [1.29, 1.82) is 0 Å². The van der Waals surface area contributed by atoms with Crippen molar-refractivity contribution in [3.63, 3.8) is 0 Å². The Balaban J connectivity index is 1.54. The summed E-state index contributed by atoms with van der Waals surface area (Å²) in [6, 6.07) is 10.2. The van der Waals surface area contributed by atoms with Crippen molar-refractivity contribution < 1.29 is 9.18 Å². The quantitative estimate of drug-likeness (QED) is 0.393. The minimum absolute atomic E-state index is 0.0851. The number of aromatic amines is 1. The van der Waals surface area contributed by atoms with E-state index in [9.17, 15) is 14.0 Å². The van der Waals surface area contributed by atoms with Gasteiger partial charge in [0.15, 0.2) is 10.9 Å². The lowest BCUT2D eigenvalue weighted by Crippen LogP contribution is -2.36. The molecule has 164 valence electrons. The Bertz CT molecular complexity index is 1280. The molecule has 1 aromatic carbocycles. The number of rotatable bonds is 4. The molecule has 1 aliphatic carbocycles. The largest absolute Gasteiger partial charge is 0.343 e. The highest BCUT2D eigenvalue weighted by Crippen LogP contribution is 2.48. The van der Waals surface area contributed by atoms with Crippen LogP contribution in [0.2, 0.25) is 0 Å². The van der Waals surface area contributed by atoms with Gasteiger partial charge in [-0.25, -0.2) is 9.37 Å². The number of halogens is 1. The molecule has 0 bridgehead atoms. The number of nitrogens with zero attached hydrogens (tertiary/aromatic N) is 1. The summed E-state index contributed by atoms with van der Waals surface area (Å²) in [6.45, 7) is 4.17. The second kappa shape index (κ2) is 8.01. The Hall–Kier alpha value is -2.71. The lowest BCUT2D eigenvalue weighted by molar-refractivity contribution is -0.118. The molecular weight excluding hydrogens is 445 g/mol. The number of ketones is 1. The van der Waals surface area contributed by atoms with Crippen LogP contribution in [0, 0.1) is 11.2 Å². The average molecular weight is 468 g/mol. The number of thiophene rings is 1. The van der Waals surface area contributed by atoms with E-state index in [0.29, 0.717) is 34.3 Å². The van der Waals surface area contributed by atoms with Crippen molar-refractivity contribution in [3.05, 3.63) is 85.2 Å². The third-order valence-corrected chi connectivity index (χ3v) is 7.70. The van der Waals surface area contributed by atoms with Crippen LogP contribution in [0.4, 0.5) is 10.2 Å². The van der Waals surface area contributed by atoms with E-state index in [0.717, 1.165) is 22.6 Å². The molecule has 2 aromatic heterocycles. The highest BCUT2D eigenvalue weighted by molar-refractivity contribution is 7.98. The van der Waals surface area contributed by atoms with Gasteiger partial charge in [0.2, 0.25) is 0 Å². The molecule has 0 radical (unpaired) electrons. The van der Waals surface area contributed by atoms with E-state index >= 15 is 0 Å². The Morgan fingerprint density at radius 2 is 1.97 bits per heavy atom. The van der Waals surface area contributed by atoms with Gasteiger partial charge in [-0.15, -0.1) is 11.3 Å². The number of nitrogens with one attached hydrogen (secondary N) is 2. The fourth-order valence-corrected chi connectivity index (χ4v) is 6.09. The first-order valence-corrected chi connectivity index (χ1v) is 12.3. The minimum atomic E-state index is -0.405. The zero-order chi connectivity index (χ0) is 22.5. The van der Waals surface area contributed by atoms with Crippen LogP contribution in [-0.2, 0) is 10.5 Å². The summed E-state index contributed by atoms with van der Waals surface area (Å²) >= 11 is 2.93. The van der Waals surface area contributed by atoms with Crippen molar-refractivity contribution in [2.45, 2.75) is 43.5 Å². The molecule has 0 saturated heterocycles. The van der Waals surface area contributed by atoms with Gasteiger partial charge in [-0.05, 0) is 41.0 Å². The number of aromatic nitrogens is 2. The third kappa shape index (κ3) is 3.93. The van der Waals surface area contributed by atoms with Gasteiger partial charge in [-0.2, -0.15) is 0 Å². The predicted molar refractivity (Wildman–Crippen MR) is 126 cm³/mol. The molecule has 0 saturated carbocycles. The molecule has 5 rings (SSSR count). The number of hydrogen-bond donors (Lipinski definition) is 2. The van der Waals surface area contributed by atoms with Crippen LogP contribution in [0.3, 0.4) is 0 Å². The summed E-state index contributed by atoms with van der Waals surface area (Å²) in [4.78, 5) is 35.0. The maximum atomic E-state index is 13.2. The SMILES string of the molecule is CC1(C)CC(=O)C2=C(C1)Nc1nc(SCc3ccc(F)cc3)[nH]c(=O)c1C2c1cccs1. The van der Waals surface area contributed by atoms with Gasteiger partial charge in [0, 0.05) is 28.3 Å². The molecule has 1 atom stereocenters. The van der Waals surface area contributed by atoms with Crippen LogP contribution < -0.4 is 10.9 Å². The molecule has 0 fully saturated rings. The number of thioether (sulfide) groups is 1. The zero-order valence-corrected chi connectivity index (χ0v) is 19.3. The van der Waals surface area contributed by atoms with E-state index in [4.69, 9.17) is 4.98 Å². The average Bonchev–Trinajstić information content (AvgIpc) is 3.25. The zero-order valence-electron chi connectivity index (χ0n) is 17.7. The third-order valence-electron chi connectivity index (χ3n) is 5.82. The fourth-order valence-electron chi connectivity index (χ4n) is 4.43. The van der Waals surface area contributed by atoms with E-state index in [-0.39, 0.29) is 22.6 Å². The molecule has 8 heteroatoms. The van der Waals surface area contributed by atoms with Gasteiger partial charge >= 0.3 is 0 Å². The molecule has 0 amide bonds. The minimum Gasteiger partial charge on any atom is -0.343 e. The van der Waals surface area contributed by atoms with E-state index in [1.165, 1.54) is 23.9 Å². The number of hydrogen-bond acceptors (Lipinski definition) is 6. The van der Waals surface area contributed by atoms with Crippen molar-refractivity contribution in [3.8, 4) is 0 Å². The van der Waals surface area contributed by atoms with Gasteiger partial charge in [0.05, 0.1) is 11.5 Å². The smallest absolute Gasteiger partial charge is 0.257 e. The number of fused-ring (bicyclic) bond motifs is 1. The second-order valence-electron chi connectivity index (χ2n) is 8.96. The number of carbonyl (C=O) groups excluding carboxylic acids is 1. The summed E-state index contributed by atoms with van der Waals surface area (Å²) in [5, 5.41) is 5.78. The summed E-state index contributed by atoms with van der Waals surface area (Å²) in [7, 11) is 0. The number of benzene rings is 1. The van der Waals surface area contributed by atoms with Crippen LogP contribution in [0.25, 0.3) is 0 Å². The molecular formula is C24H22FN3O2S2. The van der Waals surface area contributed by atoms with E-state index in [1.807, 2.05) is 17.5 Å². The van der Waals surface area contributed by atoms with Crippen LogP contribution >= 0.6 is 23.1 Å². The molecule has 5 nitrogen and oxygen atoms in total. The molecule has 32 heavy (non-hydrogen) atoms. The summed E-state index contributed by atoms with van der Waals surface area (Å²) in [5.41, 5.74) is 2.59. The first-order chi connectivity index (χ1) is 15.3.